The normalized spacial score (nSPS) is 19.8. The van der Waals surface area contributed by atoms with E-state index >= 15 is 0 Å². The SMILES string of the molecule is COc1ccc(C(c2ccccc2)(c2ccc(OC)cc2)C(O)[C@@H]2O[C@@H](n3cc(C)c(=O)[nH]c3=O)C[C@@H]2O)cc1. The minimum atomic E-state index is -1.31. The third kappa shape index (κ3) is 4.72. The first-order chi connectivity index (χ1) is 19.3. The summed E-state index contributed by atoms with van der Waals surface area (Å²) in [5, 5.41) is 23.6. The van der Waals surface area contributed by atoms with Crippen molar-refractivity contribution in [2.75, 3.05) is 14.2 Å². The van der Waals surface area contributed by atoms with E-state index < -0.39 is 41.2 Å². The number of hydrogen-bond acceptors (Lipinski definition) is 7. The Bertz CT molecular complexity index is 1520. The molecule has 3 N–H and O–H groups in total. The maximum absolute atomic E-state index is 12.6. The van der Waals surface area contributed by atoms with Crippen molar-refractivity contribution in [3.05, 3.63) is 128 Å². The van der Waals surface area contributed by atoms with Gasteiger partial charge in [-0.1, -0.05) is 54.6 Å². The van der Waals surface area contributed by atoms with E-state index in [0.29, 0.717) is 17.1 Å². The van der Waals surface area contributed by atoms with Crippen molar-refractivity contribution < 1.29 is 24.4 Å². The summed E-state index contributed by atoms with van der Waals surface area (Å²) in [6, 6.07) is 24.3. The molecule has 0 radical (unpaired) electrons. The molecular weight excluding hydrogens is 512 g/mol. The second-order valence-corrected chi connectivity index (χ2v) is 9.91. The van der Waals surface area contributed by atoms with Gasteiger partial charge < -0.3 is 24.4 Å². The van der Waals surface area contributed by atoms with Crippen molar-refractivity contribution >= 4 is 0 Å². The van der Waals surface area contributed by atoms with Gasteiger partial charge in [-0.25, -0.2) is 4.79 Å². The van der Waals surface area contributed by atoms with Crippen molar-refractivity contribution in [1.82, 2.24) is 9.55 Å². The number of ether oxygens (including phenoxy) is 3. The molecule has 4 aromatic rings. The predicted molar refractivity (Wildman–Crippen MR) is 149 cm³/mol. The number of H-pyrrole nitrogens is 1. The van der Waals surface area contributed by atoms with E-state index in [0.717, 1.165) is 16.7 Å². The number of aliphatic hydroxyl groups is 2. The van der Waals surface area contributed by atoms with Gasteiger partial charge in [-0.2, -0.15) is 0 Å². The summed E-state index contributed by atoms with van der Waals surface area (Å²) < 4.78 is 18.3. The fourth-order valence-electron chi connectivity index (χ4n) is 5.60. The highest BCUT2D eigenvalue weighted by molar-refractivity contribution is 5.54. The van der Waals surface area contributed by atoms with Crippen LogP contribution in [0.3, 0.4) is 0 Å². The van der Waals surface area contributed by atoms with E-state index in [1.54, 1.807) is 21.1 Å². The first-order valence-corrected chi connectivity index (χ1v) is 13.0. The molecule has 2 heterocycles. The Morgan fingerprint density at radius 2 is 1.43 bits per heavy atom. The largest absolute Gasteiger partial charge is 0.497 e. The van der Waals surface area contributed by atoms with E-state index in [2.05, 4.69) is 4.98 Å². The van der Waals surface area contributed by atoms with Gasteiger partial charge in [0.05, 0.1) is 25.7 Å². The van der Waals surface area contributed by atoms with Gasteiger partial charge in [-0.3, -0.25) is 14.3 Å². The predicted octanol–water partition coefficient (Wildman–Crippen LogP) is 2.91. The van der Waals surface area contributed by atoms with Crippen LogP contribution in [0, 0.1) is 6.92 Å². The molecule has 1 unspecified atom stereocenters. The average molecular weight is 545 g/mol. The molecule has 0 bridgehead atoms. The molecule has 1 aromatic heterocycles. The van der Waals surface area contributed by atoms with Crippen molar-refractivity contribution in [1.29, 1.82) is 0 Å². The summed E-state index contributed by atoms with van der Waals surface area (Å²) >= 11 is 0. The summed E-state index contributed by atoms with van der Waals surface area (Å²) in [7, 11) is 3.17. The second-order valence-electron chi connectivity index (χ2n) is 9.91. The monoisotopic (exact) mass is 544 g/mol. The first kappa shape index (κ1) is 27.4. The van der Waals surface area contributed by atoms with Crippen LogP contribution in [0.1, 0.15) is 34.9 Å². The Morgan fingerprint density at radius 3 is 1.95 bits per heavy atom. The summed E-state index contributed by atoms with van der Waals surface area (Å²) in [6.07, 6.45) is -2.95. The van der Waals surface area contributed by atoms with Gasteiger partial charge in [0.25, 0.3) is 5.56 Å². The van der Waals surface area contributed by atoms with E-state index in [9.17, 15) is 19.8 Å². The minimum Gasteiger partial charge on any atom is -0.497 e. The molecule has 0 amide bonds. The van der Waals surface area contributed by atoms with Gasteiger partial charge >= 0.3 is 5.69 Å². The highest BCUT2D eigenvalue weighted by atomic mass is 16.5. The Kier molecular flexibility index (Phi) is 7.62. The third-order valence-electron chi connectivity index (χ3n) is 7.67. The molecule has 4 atom stereocenters. The van der Waals surface area contributed by atoms with Crippen LogP contribution in [0.25, 0.3) is 0 Å². The van der Waals surface area contributed by atoms with Crippen LogP contribution >= 0.6 is 0 Å². The summed E-state index contributed by atoms with van der Waals surface area (Å²) in [5.41, 5.74) is 0.251. The second kappa shape index (κ2) is 11.1. The number of hydrogen-bond donors (Lipinski definition) is 3. The number of nitrogens with zero attached hydrogens (tertiary/aromatic N) is 1. The Balaban J connectivity index is 1.68. The van der Waals surface area contributed by atoms with Crippen LogP contribution in [-0.4, -0.2) is 52.3 Å². The molecule has 0 saturated carbocycles. The zero-order valence-corrected chi connectivity index (χ0v) is 22.5. The number of benzene rings is 3. The molecule has 0 aliphatic carbocycles. The molecule has 3 aromatic carbocycles. The number of aromatic nitrogens is 2. The molecule has 1 aliphatic heterocycles. The lowest BCUT2D eigenvalue weighted by atomic mass is 9.64. The maximum atomic E-state index is 12.6. The van der Waals surface area contributed by atoms with Crippen molar-refractivity contribution in [2.24, 2.45) is 0 Å². The van der Waals surface area contributed by atoms with Gasteiger partial charge in [0.2, 0.25) is 0 Å². The van der Waals surface area contributed by atoms with E-state index in [1.807, 2.05) is 78.9 Å². The Labute approximate surface area is 231 Å². The fourth-order valence-corrected chi connectivity index (χ4v) is 5.60. The number of nitrogens with one attached hydrogen (secondary N) is 1. The van der Waals surface area contributed by atoms with Crippen molar-refractivity contribution in [2.45, 2.75) is 43.3 Å². The van der Waals surface area contributed by atoms with Gasteiger partial charge in [-0.05, 0) is 47.9 Å². The maximum Gasteiger partial charge on any atom is 0.330 e. The number of aliphatic hydroxyl groups excluding tert-OH is 2. The number of rotatable bonds is 8. The van der Waals surface area contributed by atoms with E-state index in [1.165, 1.54) is 10.8 Å². The highest BCUT2D eigenvalue weighted by Gasteiger charge is 2.52. The first-order valence-electron chi connectivity index (χ1n) is 13.0. The molecule has 9 heteroatoms. The molecule has 0 spiro atoms. The van der Waals surface area contributed by atoms with Gasteiger partial charge in [0.15, 0.2) is 0 Å². The van der Waals surface area contributed by atoms with Crippen LogP contribution in [-0.2, 0) is 10.2 Å². The number of aromatic amines is 1. The molecule has 40 heavy (non-hydrogen) atoms. The standard InChI is InChI=1S/C31H32N2O7/c1-19-18-33(30(37)32-29(19)36)26-17-25(34)27(40-26)28(35)31(20-7-5-4-6-8-20,21-9-13-23(38-2)14-10-21)22-11-15-24(39-3)16-12-22/h4-16,18,25-28,34-35H,17H2,1-3H3,(H,32,36,37)/t25-,26+,27+,28?/m0/s1. The molecule has 1 fully saturated rings. The van der Waals surface area contributed by atoms with Crippen molar-refractivity contribution in [3.8, 4) is 11.5 Å². The Hall–Kier alpha value is -4.18. The van der Waals surface area contributed by atoms with Gasteiger partial charge in [0.1, 0.15) is 29.9 Å². The third-order valence-corrected chi connectivity index (χ3v) is 7.67. The lowest BCUT2D eigenvalue weighted by molar-refractivity contribution is -0.0976. The molecule has 1 aliphatic rings. The topological polar surface area (TPSA) is 123 Å². The zero-order valence-electron chi connectivity index (χ0n) is 22.5. The smallest absolute Gasteiger partial charge is 0.330 e. The summed E-state index contributed by atoms with van der Waals surface area (Å²) in [6.45, 7) is 1.58. The van der Waals surface area contributed by atoms with Crippen LogP contribution < -0.4 is 20.7 Å². The lowest BCUT2D eigenvalue weighted by Crippen LogP contribution is -2.51. The van der Waals surface area contributed by atoms with Crippen LogP contribution in [0.2, 0.25) is 0 Å². The van der Waals surface area contributed by atoms with Crippen LogP contribution in [0.5, 0.6) is 11.5 Å². The van der Waals surface area contributed by atoms with E-state index in [4.69, 9.17) is 14.2 Å². The van der Waals surface area contributed by atoms with E-state index in [-0.39, 0.29) is 6.42 Å². The fraction of sp³-hybridized carbons (Fsp3) is 0.290. The minimum absolute atomic E-state index is 0.0449. The average Bonchev–Trinajstić information content (AvgIpc) is 3.37. The molecular formula is C31H32N2O7. The molecule has 5 rings (SSSR count). The van der Waals surface area contributed by atoms with Crippen LogP contribution in [0.4, 0.5) is 0 Å². The quantitative estimate of drug-likeness (QED) is 0.292. The molecule has 208 valence electrons. The van der Waals surface area contributed by atoms with Gasteiger partial charge in [0, 0.05) is 18.2 Å². The number of aryl methyl sites for hydroxylation is 1. The van der Waals surface area contributed by atoms with Crippen molar-refractivity contribution in [3.63, 3.8) is 0 Å². The Morgan fingerprint density at radius 1 is 0.900 bits per heavy atom. The van der Waals surface area contributed by atoms with Gasteiger partial charge in [-0.15, -0.1) is 0 Å². The number of methoxy groups -OCH3 is 2. The van der Waals surface area contributed by atoms with Crippen LogP contribution in [0.15, 0.2) is 94.6 Å². The highest BCUT2D eigenvalue weighted by Crippen LogP contribution is 2.47. The lowest BCUT2D eigenvalue weighted by Gasteiger charge is -2.43. The molecule has 1 saturated heterocycles. The molecule has 9 nitrogen and oxygen atoms in total. The summed E-state index contributed by atoms with van der Waals surface area (Å²) in [5.74, 6) is 1.31. The summed E-state index contributed by atoms with van der Waals surface area (Å²) in [4.78, 5) is 26.8. The zero-order chi connectivity index (χ0) is 28.4.